The number of aryl methyl sites for hydroxylation is 3. The van der Waals surface area contributed by atoms with Crippen molar-refractivity contribution in [1.29, 1.82) is 0 Å². The van der Waals surface area contributed by atoms with Gasteiger partial charge in [-0.2, -0.15) is 0 Å². The van der Waals surface area contributed by atoms with Crippen LogP contribution in [0.3, 0.4) is 0 Å². The molecule has 1 aromatic carbocycles. The zero-order chi connectivity index (χ0) is 13.7. The first-order valence-electron chi connectivity index (χ1n) is 6.36. The summed E-state index contributed by atoms with van der Waals surface area (Å²) in [5, 5.41) is 0. The Morgan fingerprint density at radius 2 is 1.50 bits per heavy atom. The highest BCUT2D eigenvalue weighted by Crippen LogP contribution is 2.21. The molecule has 1 aromatic rings. The molecule has 0 aliphatic rings. The van der Waals surface area contributed by atoms with Gasteiger partial charge in [-0.05, 0) is 36.0 Å². The van der Waals surface area contributed by atoms with Gasteiger partial charge in [0.15, 0.2) is 0 Å². The molecule has 0 spiro atoms. The Labute approximate surface area is 108 Å². The number of hydrogen-bond acceptors (Lipinski definition) is 3. The van der Waals surface area contributed by atoms with E-state index in [9.17, 15) is 9.59 Å². The van der Waals surface area contributed by atoms with Crippen LogP contribution in [0.2, 0.25) is 0 Å². The second kappa shape index (κ2) is 6.34. The van der Waals surface area contributed by atoms with E-state index in [2.05, 4.69) is 11.7 Å². The van der Waals surface area contributed by atoms with Gasteiger partial charge in [0.2, 0.25) is 0 Å². The smallest absolute Gasteiger partial charge is 0.379 e. The maximum Gasteiger partial charge on any atom is 0.379 e. The molecule has 0 radical (unpaired) electrons. The van der Waals surface area contributed by atoms with Crippen LogP contribution in [-0.4, -0.2) is 18.9 Å². The molecule has 0 aromatic heterocycles. The van der Waals surface area contributed by atoms with Crippen molar-refractivity contribution >= 4 is 11.8 Å². The van der Waals surface area contributed by atoms with Crippen LogP contribution < -0.4 is 0 Å². The van der Waals surface area contributed by atoms with Crippen molar-refractivity contribution in [3.63, 3.8) is 0 Å². The van der Waals surface area contributed by atoms with Gasteiger partial charge in [0.05, 0.1) is 7.11 Å². The Hall–Kier alpha value is -1.64. The highest BCUT2D eigenvalue weighted by molar-refractivity contribution is 6.41. The first kappa shape index (κ1) is 14.4. The van der Waals surface area contributed by atoms with E-state index in [0.717, 1.165) is 30.4 Å². The van der Waals surface area contributed by atoms with Gasteiger partial charge < -0.3 is 4.74 Å². The zero-order valence-corrected chi connectivity index (χ0v) is 11.5. The third kappa shape index (κ3) is 2.78. The van der Waals surface area contributed by atoms with Crippen LogP contribution in [-0.2, 0) is 28.8 Å². The van der Waals surface area contributed by atoms with Crippen LogP contribution >= 0.6 is 0 Å². The number of ether oxygens (including phenoxy) is 1. The van der Waals surface area contributed by atoms with E-state index in [1.165, 1.54) is 12.7 Å². The summed E-state index contributed by atoms with van der Waals surface area (Å²) in [6.45, 7) is 6.06. The Morgan fingerprint density at radius 1 is 1.00 bits per heavy atom. The van der Waals surface area contributed by atoms with Gasteiger partial charge in [0, 0.05) is 5.56 Å². The Morgan fingerprint density at radius 3 is 1.83 bits per heavy atom. The predicted octanol–water partition coefficient (Wildman–Crippen LogP) is 2.73. The number of methoxy groups -OCH3 is 1. The van der Waals surface area contributed by atoms with E-state index in [4.69, 9.17) is 0 Å². The van der Waals surface area contributed by atoms with Gasteiger partial charge >= 0.3 is 5.97 Å². The number of hydrogen-bond donors (Lipinski definition) is 0. The molecule has 0 aliphatic carbocycles. The van der Waals surface area contributed by atoms with Crippen molar-refractivity contribution in [3.05, 3.63) is 34.4 Å². The lowest BCUT2D eigenvalue weighted by Gasteiger charge is -2.13. The number of Topliss-reactive ketones (excluding diaryl/α,β-unsaturated/α-hetero) is 1. The molecule has 0 heterocycles. The summed E-state index contributed by atoms with van der Waals surface area (Å²) in [5.74, 6) is -1.32. The molecule has 0 saturated carbocycles. The largest absolute Gasteiger partial charge is 0.463 e. The lowest BCUT2D eigenvalue weighted by molar-refractivity contribution is -0.135. The van der Waals surface area contributed by atoms with Gasteiger partial charge in [-0.1, -0.05) is 32.9 Å². The molecular formula is C15H20O3. The highest BCUT2D eigenvalue weighted by Gasteiger charge is 2.22. The summed E-state index contributed by atoms with van der Waals surface area (Å²) < 4.78 is 4.53. The minimum atomic E-state index is -0.788. The summed E-state index contributed by atoms with van der Waals surface area (Å²) in [7, 11) is 1.23. The Bertz CT molecular complexity index is 436. The molecule has 0 fully saturated rings. The van der Waals surface area contributed by atoms with Crippen LogP contribution in [0.5, 0.6) is 0 Å². The zero-order valence-electron chi connectivity index (χ0n) is 11.5. The van der Waals surface area contributed by atoms with Gasteiger partial charge in [-0.25, -0.2) is 4.79 Å². The van der Waals surface area contributed by atoms with Crippen molar-refractivity contribution in [3.8, 4) is 0 Å². The van der Waals surface area contributed by atoms with Crippen molar-refractivity contribution in [2.75, 3.05) is 7.11 Å². The molecule has 3 heteroatoms. The average Bonchev–Trinajstić information content (AvgIpc) is 2.43. The lowest BCUT2D eigenvalue weighted by atomic mass is 9.91. The van der Waals surface area contributed by atoms with Gasteiger partial charge in [-0.3, -0.25) is 4.79 Å². The molecule has 0 unspecified atom stereocenters. The summed E-state index contributed by atoms with van der Waals surface area (Å²) in [6.07, 6.45) is 2.39. The minimum absolute atomic E-state index is 0.532. The number of esters is 1. The number of ketones is 1. The summed E-state index contributed by atoms with van der Waals surface area (Å²) in [4.78, 5) is 23.5. The maximum absolute atomic E-state index is 12.1. The molecule has 0 atom stereocenters. The topological polar surface area (TPSA) is 43.4 Å². The first-order valence-corrected chi connectivity index (χ1v) is 6.36. The molecule has 0 saturated heterocycles. The quantitative estimate of drug-likeness (QED) is 0.457. The number of benzene rings is 1. The molecule has 1 rings (SSSR count). The fourth-order valence-corrected chi connectivity index (χ4v) is 2.09. The molecule has 18 heavy (non-hydrogen) atoms. The molecule has 3 nitrogen and oxygen atoms in total. The third-order valence-electron chi connectivity index (χ3n) is 3.13. The van der Waals surface area contributed by atoms with E-state index >= 15 is 0 Å². The summed E-state index contributed by atoms with van der Waals surface area (Å²) in [5.41, 5.74) is 3.59. The van der Waals surface area contributed by atoms with Gasteiger partial charge in [0.1, 0.15) is 0 Å². The first-order chi connectivity index (χ1) is 8.58. The van der Waals surface area contributed by atoms with E-state index in [1.54, 1.807) is 0 Å². The fraction of sp³-hybridized carbons (Fsp3) is 0.467. The molecule has 0 aliphatic heterocycles. The van der Waals surface area contributed by atoms with Crippen molar-refractivity contribution in [2.45, 2.75) is 40.0 Å². The average molecular weight is 248 g/mol. The van der Waals surface area contributed by atoms with Crippen LogP contribution in [0.1, 0.15) is 47.8 Å². The van der Waals surface area contributed by atoms with Crippen LogP contribution in [0.15, 0.2) is 12.1 Å². The highest BCUT2D eigenvalue weighted by atomic mass is 16.5. The van der Waals surface area contributed by atoms with Crippen LogP contribution in [0, 0.1) is 0 Å². The molecule has 98 valence electrons. The summed E-state index contributed by atoms with van der Waals surface area (Å²) >= 11 is 0. The number of rotatable bonds is 5. The second-order valence-corrected chi connectivity index (χ2v) is 4.17. The molecule has 0 amide bonds. The molecule has 0 N–H and O–H groups in total. The van der Waals surface area contributed by atoms with Gasteiger partial charge in [-0.15, -0.1) is 0 Å². The van der Waals surface area contributed by atoms with E-state index in [0.29, 0.717) is 5.56 Å². The van der Waals surface area contributed by atoms with Gasteiger partial charge in [0.25, 0.3) is 5.78 Å². The summed E-state index contributed by atoms with van der Waals surface area (Å²) in [6, 6.07) is 4.02. The molecule has 0 bridgehead atoms. The number of carbonyl (C=O) groups excluding carboxylic acids is 2. The SMILES string of the molecule is CCc1cc(CC)c(C(=O)C(=O)OC)c(CC)c1. The van der Waals surface area contributed by atoms with E-state index < -0.39 is 11.8 Å². The Balaban J connectivity index is 3.40. The van der Waals surface area contributed by atoms with Crippen LogP contribution in [0.4, 0.5) is 0 Å². The normalized spacial score (nSPS) is 10.2. The second-order valence-electron chi connectivity index (χ2n) is 4.17. The maximum atomic E-state index is 12.1. The standard InChI is InChI=1S/C15H20O3/c1-5-10-8-11(6-2)13(12(7-3)9-10)14(16)15(17)18-4/h8-9H,5-7H2,1-4H3. The minimum Gasteiger partial charge on any atom is -0.463 e. The van der Waals surface area contributed by atoms with E-state index in [-0.39, 0.29) is 0 Å². The van der Waals surface area contributed by atoms with E-state index in [1.807, 2.05) is 26.0 Å². The fourth-order valence-electron chi connectivity index (χ4n) is 2.09. The lowest BCUT2D eigenvalue weighted by Crippen LogP contribution is -2.19. The Kier molecular flexibility index (Phi) is 5.08. The van der Waals surface area contributed by atoms with Crippen molar-refractivity contribution in [1.82, 2.24) is 0 Å². The predicted molar refractivity (Wildman–Crippen MR) is 70.9 cm³/mol. The number of carbonyl (C=O) groups is 2. The third-order valence-corrected chi connectivity index (χ3v) is 3.13. The van der Waals surface area contributed by atoms with Crippen molar-refractivity contribution in [2.24, 2.45) is 0 Å². The monoisotopic (exact) mass is 248 g/mol. The van der Waals surface area contributed by atoms with Crippen molar-refractivity contribution < 1.29 is 14.3 Å². The van der Waals surface area contributed by atoms with Crippen LogP contribution in [0.25, 0.3) is 0 Å². The molecular weight excluding hydrogens is 228 g/mol.